The number of hydrogen-bond donors (Lipinski definition) is 0. The number of amides is 2. The summed E-state index contributed by atoms with van der Waals surface area (Å²) < 4.78 is 14.6. The highest BCUT2D eigenvalue weighted by molar-refractivity contribution is 7.17. The Bertz CT molecular complexity index is 542. The monoisotopic (exact) mass is 350 g/mol. The molecule has 1 saturated heterocycles. The van der Waals surface area contributed by atoms with Gasteiger partial charge in [-0.05, 0) is 18.3 Å². The second-order valence-electron chi connectivity index (χ2n) is 4.15. The number of aromatic nitrogens is 2. The quantitative estimate of drug-likeness (QED) is 0.591. The summed E-state index contributed by atoms with van der Waals surface area (Å²) in [6.45, 7) is 2.85. The van der Waals surface area contributed by atoms with E-state index in [4.69, 9.17) is 21.1 Å². The van der Waals surface area contributed by atoms with Gasteiger partial charge in [0.2, 0.25) is 5.13 Å². The highest BCUT2D eigenvalue weighted by Crippen LogP contribution is 2.31. The Morgan fingerprint density at radius 1 is 1.50 bits per heavy atom. The maximum absolute atomic E-state index is 12.5. The van der Waals surface area contributed by atoms with Gasteiger partial charge in [-0.25, -0.2) is 14.5 Å². The molecule has 0 N–H and O–H groups in total. The smallest absolute Gasteiger partial charge is 0.472 e. The summed E-state index contributed by atoms with van der Waals surface area (Å²) in [7, 11) is 1.45. The summed E-state index contributed by atoms with van der Waals surface area (Å²) in [6.07, 6.45) is -1.36. The Labute approximate surface area is 135 Å². The zero-order valence-electron chi connectivity index (χ0n) is 12.0. The van der Waals surface area contributed by atoms with Crippen LogP contribution in [0.2, 0.25) is 0 Å². The van der Waals surface area contributed by atoms with E-state index in [1.165, 1.54) is 12.0 Å². The van der Waals surface area contributed by atoms with Crippen molar-refractivity contribution in [3.05, 3.63) is 0 Å². The van der Waals surface area contributed by atoms with Crippen LogP contribution < -0.4 is 9.64 Å². The number of methoxy groups -OCH3 is 1. The Balaban J connectivity index is 2.22. The highest BCUT2D eigenvalue weighted by atomic mass is 35.5. The summed E-state index contributed by atoms with van der Waals surface area (Å²) in [6, 6.07) is -0.649. The van der Waals surface area contributed by atoms with Crippen LogP contribution in [0.4, 0.5) is 14.7 Å². The molecule has 1 fully saturated rings. The van der Waals surface area contributed by atoms with Gasteiger partial charge in [0, 0.05) is 19.5 Å². The molecule has 1 atom stereocenters. The van der Waals surface area contributed by atoms with Gasteiger partial charge in [-0.1, -0.05) is 16.7 Å². The molecular weight excluding hydrogens is 336 g/mol. The Morgan fingerprint density at radius 2 is 2.27 bits per heavy atom. The molecule has 1 unspecified atom stereocenters. The molecule has 0 radical (unpaired) electrons. The topological polar surface area (TPSA) is 94.1 Å². The number of hydrogen-bond acceptors (Lipinski definition) is 8. The molecule has 0 spiro atoms. The SMILES string of the molecule is CCN1CCC(OC(=O)OCCl)N(c2nnc(OC)s2)C1=O. The standard InChI is InChI=1S/C11H15ClN4O5S/c1-3-15-5-4-7(21-11(18)20-6-12)16(10(15)17)8-13-14-9(19-2)22-8/h7H,3-6H2,1-2H3. The number of rotatable bonds is 5. The van der Waals surface area contributed by atoms with Crippen LogP contribution in [-0.4, -0.2) is 59.8 Å². The van der Waals surface area contributed by atoms with Gasteiger partial charge in [0.1, 0.15) is 0 Å². The lowest BCUT2D eigenvalue weighted by molar-refractivity contribution is 0.0209. The molecule has 11 heteroatoms. The summed E-state index contributed by atoms with van der Waals surface area (Å²) >= 11 is 6.39. The lowest BCUT2D eigenvalue weighted by atomic mass is 10.2. The molecule has 1 aliphatic heterocycles. The molecule has 0 aliphatic carbocycles. The van der Waals surface area contributed by atoms with Crippen LogP contribution >= 0.6 is 22.9 Å². The first kappa shape index (κ1) is 16.6. The van der Waals surface area contributed by atoms with E-state index in [9.17, 15) is 9.59 Å². The van der Waals surface area contributed by atoms with Gasteiger partial charge in [-0.15, -0.1) is 5.10 Å². The summed E-state index contributed by atoms with van der Waals surface area (Å²) in [5.41, 5.74) is 0. The Kier molecular flexibility index (Phi) is 5.61. The molecule has 1 aromatic heterocycles. The molecular formula is C11H15ClN4O5S. The van der Waals surface area contributed by atoms with Crippen molar-refractivity contribution in [3.8, 4) is 5.19 Å². The average Bonchev–Trinajstić information content (AvgIpc) is 2.96. The van der Waals surface area contributed by atoms with E-state index in [0.29, 0.717) is 24.7 Å². The first-order chi connectivity index (χ1) is 10.6. The molecule has 0 aromatic carbocycles. The van der Waals surface area contributed by atoms with E-state index in [0.717, 1.165) is 11.3 Å². The van der Waals surface area contributed by atoms with Crippen molar-refractivity contribution in [1.82, 2.24) is 15.1 Å². The number of ether oxygens (including phenoxy) is 3. The third-order valence-corrected chi connectivity index (χ3v) is 3.97. The number of carbonyl (C=O) groups excluding carboxylic acids is 2. The first-order valence-electron chi connectivity index (χ1n) is 6.45. The van der Waals surface area contributed by atoms with Crippen LogP contribution in [0.15, 0.2) is 0 Å². The molecule has 122 valence electrons. The molecule has 2 heterocycles. The normalized spacial score (nSPS) is 18.3. The molecule has 2 amide bonds. The number of anilines is 1. The third-order valence-electron chi connectivity index (χ3n) is 2.97. The second kappa shape index (κ2) is 7.45. The average molecular weight is 351 g/mol. The van der Waals surface area contributed by atoms with Crippen LogP contribution in [0.1, 0.15) is 13.3 Å². The van der Waals surface area contributed by atoms with Gasteiger partial charge in [0.15, 0.2) is 12.3 Å². The zero-order valence-corrected chi connectivity index (χ0v) is 13.6. The fraction of sp³-hybridized carbons (Fsp3) is 0.636. The number of alkyl halides is 1. The van der Waals surface area contributed by atoms with Crippen LogP contribution in [-0.2, 0) is 9.47 Å². The fourth-order valence-corrected chi connectivity index (χ4v) is 2.73. The summed E-state index contributed by atoms with van der Waals surface area (Å²) in [5.74, 6) is 0. The van der Waals surface area contributed by atoms with E-state index in [1.807, 2.05) is 6.92 Å². The van der Waals surface area contributed by atoms with Gasteiger partial charge < -0.3 is 19.1 Å². The largest absolute Gasteiger partial charge is 0.511 e. The minimum atomic E-state index is -0.945. The van der Waals surface area contributed by atoms with Crippen LogP contribution in [0.3, 0.4) is 0 Å². The fourth-order valence-electron chi connectivity index (χ4n) is 1.95. The zero-order chi connectivity index (χ0) is 16.1. The molecule has 0 bridgehead atoms. The van der Waals surface area contributed by atoms with E-state index in [1.54, 1.807) is 4.90 Å². The van der Waals surface area contributed by atoms with E-state index >= 15 is 0 Å². The Morgan fingerprint density at radius 3 is 2.86 bits per heavy atom. The number of nitrogens with zero attached hydrogens (tertiary/aromatic N) is 4. The van der Waals surface area contributed by atoms with E-state index in [2.05, 4.69) is 14.9 Å². The van der Waals surface area contributed by atoms with Crippen molar-refractivity contribution in [2.24, 2.45) is 0 Å². The van der Waals surface area contributed by atoms with Gasteiger partial charge in [-0.2, -0.15) is 0 Å². The lowest BCUT2D eigenvalue weighted by Crippen LogP contribution is -2.56. The van der Waals surface area contributed by atoms with Crippen LogP contribution in [0.25, 0.3) is 0 Å². The molecule has 1 aliphatic rings. The summed E-state index contributed by atoms with van der Waals surface area (Å²) in [4.78, 5) is 26.8. The predicted molar refractivity (Wildman–Crippen MR) is 78.3 cm³/mol. The minimum absolute atomic E-state index is 0.281. The van der Waals surface area contributed by atoms with Crippen molar-refractivity contribution in [2.75, 3.05) is 31.2 Å². The van der Waals surface area contributed by atoms with Crippen molar-refractivity contribution in [2.45, 2.75) is 19.6 Å². The molecule has 1 aromatic rings. The van der Waals surface area contributed by atoms with E-state index in [-0.39, 0.29) is 17.2 Å². The Hall–Kier alpha value is -1.81. The van der Waals surface area contributed by atoms with Gasteiger partial charge in [0.25, 0.3) is 5.19 Å². The number of urea groups is 1. The van der Waals surface area contributed by atoms with Crippen LogP contribution in [0.5, 0.6) is 5.19 Å². The minimum Gasteiger partial charge on any atom is -0.472 e. The number of carbonyl (C=O) groups is 2. The summed E-state index contributed by atoms with van der Waals surface area (Å²) in [5, 5.41) is 8.27. The maximum Gasteiger partial charge on any atom is 0.511 e. The first-order valence-corrected chi connectivity index (χ1v) is 7.80. The van der Waals surface area contributed by atoms with Crippen molar-refractivity contribution in [1.29, 1.82) is 0 Å². The van der Waals surface area contributed by atoms with Crippen molar-refractivity contribution < 1.29 is 23.8 Å². The molecule has 22 heavy (non-hydrogen) atoms. The third kappa shape index (κ3) is 3.50. The predicted octanol–water partition coefficient (Wildman–Crippen LogP) is 1.87. The second-order valence-corrected chi connectivity index (χ2v) is 5.29. The van der Waals surface area contributed by atoms with Gasteiger partial charge in [-0.3, -0.25) is 0 Å². The maximum atomic E-state index is 12.5. The molecule has 2 rings (SSSR count). The van der Waals surface area contributed by atoms with Gasteiger partial charge in [0.05, 0.1) is 7.11 Å². The van der Waals surface area contributed by atoms with Crippen molar-refractivity contribution >= 4 is 40.3 Å². The highest BCUT2D eigenvalue weighted by Gasteiger charge is 2.38. The van der Waals surface area contributed by atoms with E-state index < -0.39 is 12.4 Å². The number of halogens is 1. The molecule has 9 nitrogen and oxygen atoms in total. The lowest BCUT2D eigenvalue weighted by Gasteiger charge is -2.38. The molecule has 0 saturated carbocycles. The van der Waals surface area contributed by atoms with Gasteiger partial charge >= 0.3 is 12.2 Å². The van der Waals surface area contributed by atoms with Crippen molar-refractivity contribution in [3.63, 3.8) is 0 Å². The van der Waals surface area contributed by atoms with Crippen LogP contribution in [0, 0.1) is 0 Å².